The number of nitrogens with zero attached hydrogens (tertiary/aromatic N) is 4. The minimum Gasteiger partial charge on any atom is -0.310 e. The van der Waals surface area contributed by atoms with Crippen LogP contribution in [0.25, 0.3) is 6.08 Å². The van der Waals surface area contributed by atoms with Crippen LogP contribution in [0, 0.1) is 17.6 Å². The van der Waals surface area contributed by atoms with Crippen LogP contribution in [0.3, 0.4) is 0 Å². The quantitative estimate of drug-likeness (QED) is 0.527. The first kappa shape index (κ1) is 25.0. The topological polar surface area (TPSA) is 87.6 Å². The van der Waals surface area contributed by atoms with Gasteiger partial charge in [-0.2, -0.15) is 0 Å². The monoisotopic (exact) mass is 527 g/mol. The lowest BCUT2D eigenvalue weighted by Gasteiger charge is -2.33. The highest BCUT2D eigenvalue weighted by molar-refractivity contribution is 6.41. The summed E-state index contributed by atoms with van der Waals surface area (Å²) in [6, 6.07) is 9.02. The van der Waals surface area contributed by atoms with Gasteiger partial charge in [0.2, 0.25) is 5.91 Å². The number of hydrogen-bond acceptors (Lipinski definition) is 5. The summed E-state index contributed by atoms with van der Waals surface area (Å²) in [6.45, 7) is 5.60. The van der Waals surface area contributed by atoms with Crippen molar-refractivity contribution in [2.24, 2.45) is 10.9 Å². The number of rotatable bonds is 5. The largest absolute Gasteiger partial charge is 0.310 e. The number of benzene rings is 1. The molecule has 1 N–H and O–H groups in total. The molecule has 7 nitrogen and oxygen atoms in total. The second-order valence-corrected chi connectivity index (χ2v) is 10.8. The molecule has 0 unspecified atom stereocenters. The summed E-state index contributed by atoms with van der Waals surface area (Å²) in [6.07, 6.45) is 8.12. The highest BCUT2D eigenvalue weighted by Crippen LogP contribution is 2.46. The second kappa shape index (κ2) is 8.90. The summed E-state index contributed by atoms with van der Waals surface area (Å²) < 4.78 is 28.2. The Bertz CT molecular complexity index is 1580. The lowest BCUT2D eigenvalue weighted by Crippen LogP contribution is -2.43. The van der Waals surface area contributed by atoms with E-state index in [1.54, 1.807) is 19.3 Å². The number of amides is 2. The molecule has 0 bridgehead atoms. The number of carbonyl (C=O) groups excluding carboxylic acids is 2. The van der Waals surface area contributed by atoms with Crippen molar-refractivity contribution < 1.29 is 18.4 Å². The van der Waals surface area contributed by atoms with Gasteiger partial charge in [-0.25, -0.2) is 13.8 Å². The molecule has 0 fully saturated rings. The average Bonchev–Trinajstić information content (AvgIpc) is 3.49. The number of fused-ring (bicyclic) bond motifs is 3. The van der Waals surface area contributed by atoms with E-state index < -0.39 is 22.7 Å². The zero-order chi connectivity index (χ0) is 27.5. The number of halogens is 2. The van der Waals surface area contributed by atoms with Gasteiger partial charge in [0.25, 0.3) is 5.91 Å². The van der Waals surface area contributed by atoms with Gasteiger partial charge in [0.05, 0.1) is 5.41 Å². The SMILES string of the molecule is CC(C)C1=N[C@](C)(c2cc(F)cc(F)c2)N(C/C=C/c2cnc3c(c2)C[C@@]2(C3)C(=O)Nc3ncccc32)C1=O. The molecule has 2 aliphatic heterocycles. The maximum Gasteiger partial charge on any atom is 0.270 e. The molecular weight excluding hydrogens is 500 g/mol. The van der Waals surface area contributed by atoms with Gasteiger partial charge >= 0.3 is 0 Å². The average molecular weight is 528 g/mol. The molecule has 2 aromatic heterocycles. The molecule has 198 valence electrons. The van der Waals surface area contributed by atoms with Crippen LogP contribution in [-0.2, 0) is 33.5 Å². The van der Waals surface area contributed by atoms with Gasteiger partial charge in [-0.15, -0.1) is 0 Å². The van der Waals surface area contributed by atoms with Crippen molar-refractivity contribution >= 4 is 29.4 Å². The van der Waals surface area contributed by atoms with E-state index in [-0.39, 0.29) is 29.8 Å². The normalized spacial score (nSPS) is 23.6. The summed E-state index contributed by atoms with van der Waals surface area (Å²) in [5, 5.41) is 2.90. The first-order chi connectivity index (χ1) is 18.6. The first-order valence-electron chi connectivity index (χ1n) is 12.9. The lowest BCUT2D eigenvalue weighted by atomic mass is 9.80. The number of carbonyl (C=O) groups is 2. The molecule has 1 aliphatic carbocycles. The molecule has 4 heterocycles. The summed E-state index contributed by atoms with van der Waals surface area (Å²) in [5.74, 6) is -1.32. The van der Waals surface area contributed by atoms with Crippen LogP contribution < -0.4 is 5.32 Å². The van der Waals surface area contributed by atoms with Gasteiger partial charge in [-0.1, -0.05) is 32.1 Å². The van der Waals surface area contributed by atoms with Crippen LogP contribution in [0.4, 0.5) is 14.6 Å². The van der Waals surface area contributed by atoms with E-state index >= 15 is 0 Å². The first-order valence-corrected chi connectivity index (χ1v) is 12.9. The number of anilines is 1. The Labute approximate surface area is 224 Å². The highest BCUT2D eigenvalue weighted by atomic mass is 19.1. The lowest BCUT2D eigenvalue weighted by molar-refractivity contribution is -0.127. The van der Waals surface area contributed by atoms with Gasteiger partial charge < -0.3 is 10.2 Å². The van der Waals surface area contributed by atoms with Gasteiger partial charge in [0, 0.05) is 54.2 Å². The van der Waals surface area contributed by atoms with Crippen molar-refractivity contribution in [3.8, 4) is 0 Å². The molecule has 2 amide bonds. The zero-order valence-electron chi connectivity index (χ0n) is 21.8. The third kappa shape index (κ3) is 3.95. The molecule has 1 spiro atoms. The third-order valence-electron chi connectivity index (χ3n) is 7.91. The van der Waals surface area contributed by atoms with Crippen LogP contribution >= 0.6 is 0 Å². The van der Waals surface area contributed by atoms with Crippen molar-refractivity contribution in [3.05, 3.63) is 94.5 Å². The van der Waals surface area contributed by atoms with Crippen molar-refractivity contribution in [1.82, 2.24) is 14.9 Å². The maximum absolute atomic E-state index is 14.1. The van der Waals surface area contributed by atoms with Crippen LogP contribution in [-0.4, -0.2) is 38.9 Å². The molecule has 2 atom stereocenters. The minimum absolute atomic E-state index is 0.0622. The number of aliphatic imine (C=N–C) groups is 1. The summed E-state index contributed by atoms with van der Waals surface area (Å²) >= 11 is 0. The molecule has 3 aliphatic rings. The van der Waals surface area contributed by atoms with Crippen molar-refractivity contribution in [2.45, 2.75) is 44.7 Å². The minimum atomic E-state index is -1.25. The smallest absolute Gasteiger partial charge is 0.270 e. The number of hydrogen-bond donors (Lipinski definition) is 1. The third-order valence-corrected chi connectivity index (χ3v) is 7.91. The van der Waals surface area contributed by atoms with Crippen LogP contribution in [0.15, 0.2) is 59.9 Å². The molecule has 0 radical (unpaired) electrons. The van der Waals surface area contributed by atoms with Gasteiger partial charge in [-0.05, 0) is 48.7 Å². The fourth-order valence-electron chi connectivity index (χ4n) is 5.88. The molecule has 1 aromatic carbocycles. The van der Waals surface area contributed by atoms with E-state index in [1.807, 2.05) is 44.2 Å². The van der Waals surface area contributed by atoms with Crippen molar-refractivity contribution in [2.75, 3.05) is 11.9 Å². The van der Waals surface area contributed by atoms with Gasteiger partial charge in [0.15, 0.2) is 5.66 Å². The van der Waals surface area contributed by atoms with E-state index in [1.165, 1.54) is 17.0 Å². The van der Waals surface area contributed by atoms with Crippen LogP contribution in [0.1, 0.15) is 48.7 Å². The van der Waals surface area contributed by atoms with Gasteiger partial charge in [-0.3, -0.25) is 19.6 Å². The van der Waals surface area contributed by atoms with E-state index in [0.29, 0.717) is 24.4 Å². The second-order valence-electron chi connectivity index (χ2n) is 10.8. The van der Waals surface area contributed by atoms with E-state index in [2.05, 4.69) is 20.3 Å². The molecule has 9 heteroatoms. The molecule has 0 saturated carbocycles. The Morgan fingerprint density at radius 3 is 2.62 bits per heavy atom. The molecule has 0 saturated heterocycles. The van der Waals surface area contributed by atoms with Crippen molar-refractivity contribution in [1.29, 1.82) is 0 Å². The highest BCUT2D eigenvalue weighted by Gasteiger charge is 2.51. The molecular formula is C30H27F2N5O2. The molecule has 3 aromatic rings. The van der Waals surface area contributed by atoms with Crippen LogP contribution in [0.5, 0.6) is 0 Å². The number of pyridine rings is 2. The standard InChI is InChI=1S/C30H27F2N5O2/c1-17(2)25-27(38)37(29(3,36-25)20-11-21(31)13-22(32)12-20)9-5-6-18-10-19-14-30(15-24(19)34-16-18)23-7-4-8-33-26(23)35-28(30)39/h4-8,10-13,16-17H,9,14-15H2,1-3H3,(H,33,35,39)/b6-5+/t29-,30-/m0/s1. The predicted molar refractivity (Wildman–Crippen MR) is 143 cm³/mol. The Morgan fingerprint density at radius 2 is 1.87 bits per heavy atom. The summed E-state index contributed by atoms with van der Waals surface area (Å²) in [5.41, 5.74) is 2.28. The van der Waals surface area contributed by atoms with E-state index in [0.717, 1.165) is 28.5 Å². The maximum atomic E-state index is 14.1. The Hall–Kier alpha value is -4.27. The summed E-state index contributed by atoms with van der Waals surface area (Å²) in [7, 11) is 0. The number of nitrogens with one attached hydrogen (secondary N) is 1. The van der Waals surface area contributed by atoms with E-state index in [9.17, 15) is 18.4 Å². The van der Waals surface area contributed by atoms with Gasteiger partial charge in [0.1, 0.15) is 23.2 Å². The van der Waals surface area contributed by atoms with Crippen LogP contribution in [0.2, 0.25) is 0 Å². The fourth-order valence-corrected chi connectivity index (χ4v) is 5.88. The molecule has 39 heavy (non-hydrogen) atoms. The summed E-state index contributed by atoms with van der Waals surface area (Å²) in [4.78, 5) is 41.4. The fraction of sp³-hybridized carbons (Fsp3) is 0.300. The Morgan fingerprint density at radius 1 is 1.10 bits per heavy atom. The van der Waals surface area contributed by atoms with Crippen molar-refractivity contribution in [3.63, 3.8) is 0 Å². The molecule has 6 rings (SSSR count). The number of aromatic nitrogens is 2. The Kier molecular flexibility index (Phi) is 5.71. The van der Waals surface area contributed by atoms with E-state index in [4.69, 9.17) is 0 Å². The predicted octanol–water partition coefficient (Wildman–Crippen LogP) is 4.57. The Balaban J connectivity index is 1.25. The zero-order valence-corrected chi connectivity index (χ0v) is 21.8.